The summed E-state index contributed by atoms with van der Waals surface area (Å²) in [6.07, 6.45) is 0. The van der Waals surface area contributed by atoms with E-state index in [1.165, 1.54) is 0 Å². The average Bonchev–Trinajstić information content (AvgIpc) is 1.98. The lowest BCUT2D eigenvalue weighted by atomic mass is 10.4. The Bertz CT molecular complexity index is 218. The molecule has 0 atom stereocenters. The number of halogens is 2. The van der Waals surface area contributed by atoms with Crippen LogP contribution in [0.3, 0.4) is 0 Å². The maximum atomic E-state index is 10.4. The van der Waals surface area contributed by atoms with Crippen molar-refractivity contribution in [2.45, 2.75) is 0 Å². The van der Waals surface area contributed by atoms with Crippen LogP contribution in [-0.4, -0.2) is 11.7 Å². The van der Waals surface area contributed by atoms with Gasteiger partial charge in [-0.2, -0.15) is 0 Å². The first kappa shape index (κ1) is 6.58. The number of nitrogens with one attached hydrogen (secondary N) is 1. The van der Waals surface area contributed by atoms with Gasteiger partial charge < -0.3 is 5.32 Å². The Morgan fingerprint density at radius 1 is 1.22 bits per heavy atom. The number of hydrogen-bond acceptors (Lipinski definition) is 2. The van der Waals surface area contributed by atoms with Crippen LogP contribution in [0.5, 0.6) is 0 Å². The van der Waals surface area contributed by atoms with Gasteiger partial charge in [-0.1, -0.05) is 23.2 Å². The highest BCUT2D eigenvalue weighted by molar-refractivity contribution is 6.63. The van der Waals surface area contributed by atoms with Gasteiger partial charge in [0.15, 0.2) is 0 Å². The molecule has 0 fully saturated rings. The molecule has 0 aromatic rings. The summed E-state index contributed by atoms with van der Waals surface area (Å²) in [7, 11) is 0. The second-order valence-electron chi connectivity index (χ2n) is 1.41. The Balaban J connectivity index is 3.01. The molecule has 48 valence electrons. The molecule has 1 rings (SSSR count). The monoisotopic (exact) mass is 165 g/mol. The summed E-state index contributed by atoms with van der Waals surface area (Å²) in [4.78, 5) is 20.8. The molecule has 1 aliphatic heterocycles. The molecule has 1 amide bonds. The average molecular weight is 166 g/mol. The highest BCUT2D eigenvalue weighted by atomic mass is 35.5. The minimum atomic E-state index is -0.776. The van der Waals surface area contributed by atoms with Crippen molar-refractivity contribution < 1.29 is 9.59 Å². The molecule has 0 aliphatic carbocycles. The standard InChI is InChI=1S/C4HCl2NO2/c5-1-2(8)4(9)7-3(1)6/h(H,7,8,9). The number of ketones is 1. The molecule has 0 aromatic heterocycles. The van der Waals surface area contributed by atoms with E-state index in [1.807, 2.05) is 5.32 Å². The Labute approximate surface area is 60.6 Å². The van der Waals surface area contributed by atoms with E-state index in [0.717, 1.165) is 0 Å². The highest BCUT2D eigenvalue weighted by Gasteiger charge is 2.28. The lowest BCUT2D eigenvalue weighted by molar-refractivity contribution is -0.133. The van der Waals surface area contributed by atoms with Gasteiger partial charge in [0.1, 0.15) is 10.2 Å². The quantitative estimate of drug-likeness (QED) is 0.416. The number of carbonyl (C=O) groups excluding carboxylic acids is 2. The van der Waals surface area contributed by atoms with E-state index >= 15 is 0 Å². The Hall–Kier alpha value is -0.540. The van der Waals surface area contributed by atoms with Crippen molar-refractivity contribution in [3.63, 3.8) is 0 Å². The van der Waals surface area contributed by atoms with Crippen LogP contribution in [0.1, 0.15) is 0 Å². The maximum Gasteiger partial charge on any atom is 0.298 e. The van der Waals surface area contributed by atoms with Crippen molar-refractivity contribution in [2.75, 3.05) is 0 Å². The van der Waals surface area contributed by atoms with Crippen molar-refractivity contribution in [3.05, 3.63) is 10.2 Å². The zero-order valence-electron chi connectivity index (χ0n) is 4.07. The molecule has 3 nitrogen and oxygen atoms in total. The zero-order valence-corrected chi connectivity index (χ0v) is 5.58. The Kier molecular flexibility index (Phi) is 1.47. The summed E-state index contributed by atoms with van der Waals surface area (Å²) in [6, 6.07) is 0. The van der Waals surface area contributed by atoms with Gasteiger partial charge in [-0.3, -0.25) is 9.59 Å². The van der Waals surface area contributed by atoms with Crippen LogP contribution in [0.25, 0.3) is 0 Å². The molecule has 9 heavy (non-hydrogen) atoms. The van der Waals surface area contributed by atoms with E-state index in [4.69, 9.17) is 23.2 Å². The highest BCUT2D eigenvalue weighted by Crippen LogP contribution is 2.17. The molecule has 0 spiro atoms. The van der Waals surface area contributed by atoms with Crippen molar-refractivity contribution in [2.24, 2.45) is 0 Å². The number of Topliss-reactive ketones (excluding diaryl/α,β-unsaturated/α-hetero) is 1. The van der Waals surface area contributed by atoms with Crippen LogP contribution in [0.15, 0.2) is 10.2 Å². The smallest absolute Gasteiger partial charge is 0.298 e. The summed E-state index contributed by atoms with van der Waals surface area (Å²) in [6.45, 7) is 0. The van der Waals surface area contributed by atoms with Crippen LogP contribution in [0.4, 0.5) is 0 Å². The number of rotatable bonds is 0. The number of carbonyl (C=O) groups is 2. The third-order valence-electron chi connectivity index (χ3n) is 0.822. The largest absolute Gasteiger partial charge is 0.308 e. The molecular weight excluding hydrogens is 165 g/mol. The SMILES string of the molecule is O=C1NC(Cl)=C(Cl)C1=O. The molecule has 0 radical (unpaired) electrons. The van der Waals surface area contributed by atoms with Crippen LogP contribution < -0.4 is 5.32 Å². The summed E-state index contributed by atoms with van der Waals surface area (Å²) >= 11 is 10.5. The van der Waals surface area contributed by atoms with E-state index in [1.54, 1.807) is 0 Å². The van der Waals surface area contributed by atoms with E-state index < -0.39 is 11.7 Å². The van der Waals surface area contributed by atoms with Crippen molar-refractivity contribution in [1.29, 1.82) is 0 Å². The van der Waals surface area contributed by atoms with Gasteiger partial charge in [-0.15, -0.1) is 0 Å². The van der Waals surface area contributed by atoms with E-state index in [-0.39, 0.29) is 10.2 Å². The maximum absolute atomic E-state index is 10.4. The molecule has 5 heteroatoms. The minimum absolute atomic E-state index is 0.0910. The molecule has 0 bridgehead atoms. The number of hydrogen-bond donors (Lipinski definition) is 1. The second-order valence-corrected chi connectivity index (χ2v) is 2.17. The van der Waals surface area contributed by atoms with E-state index in [9.17, 15) is 9.59 Å². The fourth-order valence-electron chi connectivity index (χ4n) is 0.411. The predicted molar refractivity (Wildman–Crippen MR) is 31.9 cm³/mol. The van der Waals surface area contributed by atoms with Crippen LogP contribution in [-0.2, 0) is 9.59 Å². The molecule has 1 N–H and O–H groups in total. The first-order valence-corrected chi connectivity index (χ1v) is 2.79. The summed E-state index contributed by atoms with van der Waals surface area (Å²) < 4.78 is 0. The summed E-state index contributed by atoms with van der Waals surface area (Å²) in [5.41, 5.74) is 0. The van der Waals surface area contributed by atoms with E-state index in [0.29, 0.717) is 0 Å². The second kappa shape index (κ2) is 2.01. The topological polar surface area (TPSA) is 46.2 Å². The third-order valence-corrected chi connectivity index (χ3v) is 1.56. The molecule has 0 unspecified atom stereocenters. The first-order valence-electron chi connectivity index (χ1n) is 2.04. The first-order chi connectivity index (χ1) is 4.13. The fraction of sp³-hybridized carbons (Fsp3) is 0. The van der Waals surface area contributed by atoms with Crippen molar-refractivity contribution in [3.8, 4) is 0 Å². The molecule has 0 saturated carbocycles. The van der Waals surface area contributed by atoms with Crippen LogP contribution in [0, 0.1) is 0 Å². The normalized spacial score (nSPS) is 18.9. The Morgan fingerprint density at radius 3 is 1.89 bits per heavy atom. The van der Waals surface area contributed by atoms with E-state index in [2.05, 4.69) is 0 Å². The predicted octanol–water partition coefficient (Wildman–Crippen LogP) is 0.332. The summed E-state index contributed by atoms with van der Waals surface area (Å²) in [5, 5.41) is 1.72. The van der Waals surface area contributed by atoms with Gasteiger partial charge in [0.25, 0.3) is 11.7 Å². The van der Waals surface area contributed by atoms with Crippen LogP contribution in [0.2, 0.25) is 0 Å². The number of amides is 1. The van der Waals surface area contributed by atoms with Gasteiger partial charge in [-0.25, -0.2) is 0 Å². The fourth-order valence-corrected chi connectivity index (χ4v) is 0.715. The molecule has 1 aliphatic rings. The van der Waals surface area contributed by atoms with Crippen molar-refractivity contribution >= 4 is 34.9 Å². The molecule has 0 saturated heterocycles. The summed E-state index contributed by atoms with van der Waals surface area (Å²) in [5.74, 6) is -1.55. The van der Waals surface area contributed by atoms with Gasteiger partial charge >= 0.3 is 0 Å². The third kappa shape index (κ3) is 0.930. The van der Waals surface area contributed by atoms with Crippen molar-refractivity contribution in [1.82, 2.24) is 5.32 Å². The van der Waals surface area contributed by atoms with Crippen LogP contribution >= 0.6 is 23.2 Å². The molecular formula is C4HCl2NO2. The van der Waals surface area contributed by atoms with Gasteiger partial charge in [0.05, 0.1) is 0 Å². The Morgan fingerprint density at radius 2 is 1.78 bits per heavy atom. The molecule has 0 aromatic carbocycles. The molecule has 1 heterocycles. The zero-order chi connectivity index (χ0) is 7.02. The van der Waals surface area contributed by atoms with Gasteiger partial charge in [0.2, 0.25) is 0 Å². The minimum Gasteiger partial charge on any atom is -0.308 e. The van der Waals surface area contributed by atoms with Gasteiger partial charge in [0, 0.05) is 0 Å². The lowest BCUT2D eigenvalue weighted by Gasteiger charge is -1.83. The van der Waals surface area contributed by atoms with Gasteiger partial charge in [-0.05, 0) is 0 Å². The lowest BCUT2D eigenvalue weighted by Crippen LogP contribution is -2.19.